The van der Waals surface area contributed by atoms with Gasteiger partial charge in [-0.05, 0) is 138 Å². The van der Waals surface area contributed by atoms with Crippen LogP contribution in [0, 0.1) is 34.0 Å². The van der Waals surface area contributed by atoms with Crippen molar-refractivity contribution in [1.29, 1.82) is 0 Å². The van der Waals surface area contributed by atoms with Crippen LogP contribution in [-0.2, 0) is 57.1 Å². The van der Waals surface area contributed by atoms with Gasteiger partial charge in [0.25, 0.3) is 0 Å². The number of hydrogen-bond donors (Lipinski definition) is 0. The Morgan fingerprint density at radius 2 is 1.03 bits per heavy atom. The Labute approximate surface area is 407 Å². The van der Waals surface area contributed by atoms with Crippen LogP contribution in [0.2, 0.25) is 0 Å². The van der Waals surface area contributed by atoms with Crippen LogP contribution in [0.3, 0.4) is 0 Å². The first-order valence-electron chi connectivity index (χ1n) is 26.5. The molecule has 4 saturated carbocycles. The van der Waals surface area contributed by atoms with Crippen LogP contribution in [0.25, 0.3) is 0 Å². The Balaban J connectivity index is 1.36. The van der Waals surface area contributed by atoms with Crippen LogP contribution < -0.4 is 0 Å². The quantitative estimate of drug-likeness (QED) is 0.0248. The summed E-state index contributed by atoms with van der Waals surface area (Å²) in [5.41, 5.74) is -1.20. The molecule has 0 radical (unpaired) electrons. The third kappa shape index (κ3) is 19.5. The molecule has 4 fully saturated rings. The van der Waals surface area contributed by atoms with E-state index in [1.807, 2.05) is 12.2 Å². The van der Waals surface area contributed by atoms with Crippen molar-refractivity contribution in [3.63, 3.8) is 0 Å². The highest BCUT2D eigenvalue weighted by Gasteiger charge is 2.70. The van der Waals surface area contributed by atoms with Gasteiger partial charge in [-0.3, -0.25) is 24.0 Å². The monoisotopic (exact) mass is 958 g/mol. The van der Waals surface area contributed by atoms with Gasteiger partial charge in [0.1, 0.15) is 31.8 Å². The van der Waals surface area contributed by atoms with Gasteiger partial charge in [-0.25, -0.2) is 4.79 Å². The Morgan fingerprint density at radius 1 is 0.515 bits per heavy atom. The molecule has 5 atom stereocenters. The zero-order valence-electron chi connectivity index (χ0n) is 42.3. The van der Waals surface area contributed by atoms with Crippen LogP contribution in [0.4, 0.5) is 4.79 Å². The number of esters is 5. The number of rotatable bonds is 38. The number of unbranched alkanes of at least 4 members (excludes halogenated alkanes) is 6. The second-order valence-electron chi connectivity index (χ2n) is 20.3. The first-order valence-corrected chi connectivity index (χ1v) is 26.5. The number of carbonyl (C=O) groups excluding carboxylic acids is 6. The number of hydrogen-bond acceptors (Lipinski definition) is 14. The first kappa shape index (κ1) is 56.6. The average molecular weight is 958 g/mol. The standard InChI is InChI=1S/C54H87NO13/c1-5-9-11-13-15-17-19-29-62-46(56)24-21-26-48(58)65-39-53(42-68-51(61)64-31-23-28-55(7-3)8-4,40-66-49(59)27-22-25-47(57)63-30-20-18-16-14-12-10-6-2)41-67-50(60)37-52-34-43-32-44-33-45(36-52)54(44,35-43)38-52/h15-18,43-45H,5-14,19-42H2,1-4H3/b17-15-,18-16-. The van der Waals surface area contributed by atoms with E-state index in [9.17, 15) is 28.8 Å². The molecule has 3 bridgehead atoms. The van der Waals surface area contributed by atoms with Crippen LogP contribution >= 0.6 is 0 Å². The third-order valence-corrected chi connectivity index (χ3v) is 14.9. The molecule has 0 aromatic carbocycles. The summed E-state index contributed by atoms with van der Waals surface area (Å²) in [5.74, 6) is -0.389. The van der Waals surface area contributed by atoms with Crippen LogP contribution in [-0.4, -0.2) is 107 Å². The zero-order chi connectivity index (χ0) is 49.1. The van der Waals surface area contributed by atoms with E-state index in [4.69, 9.17) is 33.2 Å². The Hall–Kier alpha value is -3.94. The van der Waals surface area contributed by atoms with Crippen molar-refractivity contribution in [2.24, 2.45) is 34.0 Å². The maximum atomic E-state index is 13.9. The molecule has 0 saturated heterocycles. The van der Waals surface area contributed by atoms with E-state index in [-0.39, 0.29) is 76.8 Å². The molecular formula is C54H87NO13. The predicted molar refractivity (Wildman–Crippen MR) is 258 cm³/mol. The lowest BCUT2D eigenvalue weighted by Gasteiger charge is -2.49. The van der Waals surface area contributed by atoms with E-state index in [0.717, 1.165) is 83.3 Å². The first-order chi connectivity index (χ1) is 32.9. The minimum Gasteiger partial charge on any atom is -0.465 e. The molecule has 1 spiro atoms. The van der Waals surface area contributed by atoms with Gasteiger partial charge in [-0.1, -0.05) is 77.7 Å². The molecule has 0 N–H and O–H groups in total. The fourth-order valence-electron chi connectivity index (χ4n) is 11.3. The van der Waals surface area contributed by atoms with Crippen molar-refractivity contribution < 1.29 is 61.9 Å². The van der Waals surface area contributed by atoms with Crippen molar-refractivity contribution in [2.45, 2.75) is 182 Å². The van der Waals surface area contributed by atoms with E-state index in [1.54, 1.807) is 0 Å². The van der Waals surface area contributed by atoms with E-state index in [1.165, 1.54) is 32.1 Å². The summed E-state index contributed by atoms with van der Waals surface area (Å²) >= 11 is 0. The maximum Gasteiger partial charge on any atom is 0.508 e. The molecule has 4 rings (SSSR count). The molecule has 0 heterocycles. The van der Waals surface area contributed by atoms with Crippen molar-refractivity contribution in [1.82, 2.24) is 4.90 Å². The van der Waals surface area contributed by atoms with E-state index in [2.05, 4.69) is 44.7 Å². The summed E-state index contributed by atoms with van der Waals surface area (Å²) in [7, 11) is 0. The van der Waals surface area contributed by atoms with Gasteiger partial charge in [-0.15, -0.1) is 0 Å². The second kappa shape index (κ2) is 30.6. The van der Waals surface area contributed by atoms with Crippen molar-refractivity contribution >= 4 is 36.0 Å². The highest BCUT2D eigenvalue weighted by molar-refractivity contribution is 5.73. The summed E-state index contributed by atoms with van der Waals surface area (Å²) in [5, 5.41) is 0. The molecule has 0 aliphatic heterocycles. The molecule has 4 aliphatic carbocycles. The summed E-state index contributed by atoms with van der Waals surface area (Å²) < 4.78 is 39.2. The molecule has 4 aliphatic rings. The third-order valence-electron chi connectivity index (χ3n) is 14.9. The SMILES string of the molecule is CCCCC/C=C\CCOC(=O)CCCC(=O)OCC(COC(=O)CCCC(=O)OCC/C=C\CCCCC)(COC(=O)CC12CC3CC4CC(C1)C4(C3)C2)COC(=O)OCCCN(CC)CC. The Bertz CT molecular complexity index is 1560. The summed E-state index contributed by atoms with van der Waals surface area (Å²) in [4.78, 5) is 80.3. The highest BCUT2D eigenvalue weighted by Crippen LogP contribution is 2.79. The lowest BCUT2D eigenvalue weighted by molar-refractivity contribution is -0.167. The molecule has 14 heteroatoms. The zero-order valence-corrected chi connectivity index (χ0v) is 42.3. The lowest BCUT2D eigenvalue weighted by Crippen LogP contribution is -2.44. The largest absolute Gasteiger partial charge is 0.508 e. The van der Waals surface area contributed by atoms with Gasteiger partial charge in [0.15, 0.2) is 0 Å². The number of fused-ring (bicyclic) bond motifs is 2. The van der Waals surface area contributed by atoms with Gasteiger partial charge in [0.2, 0.25) is 0 Å². The summed E-state index contributed by atoms with van der Waals surface area (Å²) in [6, 6.07) is 0. The van der Waals surface area contributed by atoms with Gasteiger partial charge >= 0.3 is 36.0 Å². The fraction of sp³-hybridized carbons (Fsp3) is 0.815. The molecular weight excluding hydrogens is 871 g/mol. The van der Waals surface area contributed by atoms with Gasteiger partial charge < -0.3 is 38.1 Å². The van der Waals surface area contributed by atoms with Gasteiger partial charge in [-0.2, -0.15) is 0 Å². The smallest absolute Gasteiger partial charge is 0.465 e. The Kier molecular flexibility index (Phi) is 25.5. The van der Waals surface area contributed by atoms with Crippen LogP contribution in [0.5, 0.6) is 0 Å². The van der Waals surface area contributed by atoms with Gasteiger partial charge in [0, 0.05) is 32.2 Å². The average Bonchev–Trinajstić information content (AvgIpc) is 3.63. The van der Waals surface area contributed by atoms with Crippen LogP contribution in [0.15, 0.2) is 24.3 Å². The number of ether oxygens (including phenoxy) is 7. The van der Waals surface area contributed by atoms with Gasteiger partial charge in [0.05, 0.1) is 26.2 Å². The molecule has 68 heavy (non-hydrogen) atoms. The lowest BCUT2D eigenvalue weighted by atomic mass is 9.55. The van der Waals surface area contributed by atoms with Crippen molar-refractivity contribution in [2.75, 3.05) is 65.9 Å². The van der Waals surface area contributed by atoms with E-state index >= 15 is 0 Å². The fourth-order valence-corrected chi connectivity index (χ4v) is 11.3. The minimum absolute atomic E-state index is 0.0219. The molecule has 14 nitrogen and oxygen atoms in total. The molecule has 0 aromatic heterocycles. The van der Waals surface area contributed by atoms with Crippen molar-refractivity contribution in [3.8, 4) is 0 Å². The van der Waals surface area contributed by atoms with E-state index in [0.29, 0.717) is 36.5 Å². The topological polar surface area (TPSA) is 170 Å². The Morgan fingerprint density at radius 3 is 1.57 bits per heavy atom. The molecule has 0 aromatic rings. The predicted octanol–water partition coefficient (Wildman–Crippen LogP) is 10.6. The number of nitrogens with zero attached hydrogens (tertiary/aromatic N) is 1. The highest BCUT2D eigenvalue weighted by atomic mass is 16.7. The number of carbonyl (C=O) groups is 6. The second-order valence-corrected chi connectivity index (χ2v) is 20.3. The minimum atomic E-state index is -1.49. The summed E-state index contributed by atoms with van der Waals surface area (Å²) in [6.45, 7) is 9.90. The van der Waals surface area contributed by atoms with E-state index < -0.39 is 61.2 Å². The normalized spacial score (nSPS) is 22.3. The summed E-state index contributed by atoms with van der Waals surface area (Å²) in [6.07, 6.45) is 25.4. The molecule has 0 amide bonds. The number of allylic oxidation sites excluding steroid dienone is 2. The van der Waals surface area contributed by atoms with Crippen LogP contribution in [0.1, 0.15) is 182 Å². The van der Waals surface area contributed by atoms with Crippen molar-refractivity contribution in [3.05, 3.63) is 24.3 Å². The maximum absolute atomic E-state index is 13.9. The molecule has 5 unspecified atom stereocenters. The molecule has 386 valence electrons.